The fraction of sp³-hybridized carbons (Fsp3) is 0.125. The molecule has 3 aromatic rings. The van der Waals surface area contributed by atoms with Gasteiger partial charge in [-0.25, -0.2) is 10.1 Å². The van der Waals surface area contributed by atoms with Crippen molar-refractivity contribution >= 4 is 28.3 Å². The van der Waals surface area contributed by atoms with E-state index in [-0.39, 0.29) is 18.1 Å². The molecule has 0 saturated carbocycles. The summed E-state index contributed by atoms with van der Waals surface area (Å²) >= 11 is 0. The normalized spacial score (nSPS) is 11.5. The molecular weight excluding hydrogens is 324 g/mol. The first-order valence-corrected chi connectivity index (χ1v) is 7.41. The number of non-ortho nitro benzene ring substituents is 1. The Hall–Kier alpha value is -3.62. The summed E-state index contributed by atoms with van der Waals surface area (Å²) in [5, 5.41) is 22.6. The van der Waals surface area contributed by atoms with Gasteiger partial charge in [-0.05, 0) is 36.8 Å². The molecule has 3 rings (SSSR count). The highest BCUT2D eigenvalue weighted by Gasteiger charge is 2.09. The summed E-state index contributed by atoms with van der Waals surface area (Å²) in [4.78, 5) is 22.2. The number of nitro benzene ring substituents is 1. The number of nitrogens with zero attached hydrogens (tertiary/aromatic N) is 5. The van der Waals surface area contributed by atoms with Gasteiger partial charge in [0.1, 0.15) is 12.1 Å². The minimum atomic E-state index is -0.472. The van der Waals surface area contributed by atoms with E-state index in [0.29, 0.717) is 16.8 Å². The van der Waals surface area contributed by atoms with E-state index >= 15 is 0 Å². The van der Waals surface area contributed by atoms with Crippen molar-refractivity contribution in [2.75, 3.05) is 0 Å². The van der Waals surface area contributed by atoms with Crippen molar-refractivity contribution in [1.82, 2.24) is 20.4 Å². The molecule has 0 aliphatic carbocycles. The predicted molar refractivity (Wildman–Crippen MR) is 91.0 cm³/mol. The molecule has 0 saturated heterocycles. The van der Waals surface area contributed by atoms with E-state index in [1.807, 2.05) is 24.3 Å². The highest BCUT2D eigenvalue weighted by atomic mass is 16.6. The van der Waals surface area contributed by atoms with Crippen LogP contribution in [0.15, 0.2) is 53.6 Å². The average Bonchev–Trinajstić information content (AvgIpc) is 3.03. The molecule has 0 atom stereocenters. The van der Waals surface area contributed by atoms with Crippen LogP contribution in [0.25, 0.3) is 11.0 Å². The monoisotopic (exact) mass is 338 g/mol. The van der Waals surface area contributed by atoms with Crippen LogP contribution in [0.2, 0.25) is 0 Å². The van der Waals surface area contributed by atoms with E-state index in [0.717, 1.165) is 5.52 Å². The van der Waals surface area contributed by atoms with E-state index in [2.05, 4.69) is 20.8 Å². The van der Waals surface area contributed by atoms with Crippen LogP contribution in [0.4, 0.5) is 5.69 Å². The molecule has 1 amide bonds. The first kappa shape index (κ1) is 16.2. The maximum atomic E-state index is 12.0. The van der Waals surface area contributed by atoms with Crippen LogP contribution < -0.4 is 5.43 Å². The molecule has 1 aromatic heterocycles. The number of nitro groups is 1. The molecule has 0 bridgehead atoms. The highest BCUT2D eigenvalue weighted by Crippen LogP contribution is 2.12. The summed E-state index contributed by atoms with van der Waals surface area (Å²) in [6.45, 7) is 1.68. The Kier molecular flexibility index (Phi) is 4.46. The zero-order valence-electron chi connectivity index (χ0n) is 13.3. The quantitative estimate of drug-likeness (QED) is 0.433. The molecule has 126 valence electrons. The predicted octanol–water partition coefficient (Wildman–Crippen LogP) is 1.88. The molecule has 0 fully saturated rings. The zero-order valence-corrected chi connectivity index (χ0v) is 13.3. The van der Waals surface area contributed by atoms with Gasteiger partial charge in [0, 0.05) is 12.1 Å². The third-order valence-electron chi connectivity index (χ3n) is 3.56. The van der Waals surface area contributed by atoms with Gasteiger partial charge in [-0.3, -0.25) is 14.9 Å². The van der Waals surface area contributed by atoms with Gasteiger partial charge in [0.15, 0.2) is 0 Å². The fourth-order valence-electron chi connectivity index (χ4n) is 2.24. The number of aromatic nitrogens is 3. The van der Waals surface area contributed by atoms with Crippen LogP contribution in [-0.4, -0.2) is 31.5 Å². The third-order valence-corrected chi connectivity index (χ3v) is 3.56. The smallest absolute Gasteiger partial charge is 0.269 e. The maximum Gasteiger partial charge on any atom is 0.269 e. The van der Waals surface area contributed by atoms with Gasteiger partial charge in [0.25, 0.3) is 11.6 Å². The Morgan fingerprint density at radius 1 is 1.24 bits per heavy atom. The number of carbonyl (C=O) groups excluding carboxylic acids is 1. The van der Waals surface area contributed by atoms with Crippen LogP contribution in [-0.2, 0) is 11.3 Å². The van der Waals surface area contributed by atoms with Gasteiger partial charge in [0.2, 0.25) is 0 Å². The molecule has 2 aromatic carbocycles. The largest absolute Gasteiger partial charge is 0.271 e. The minimum absolute atomic E-state index is 0.00125. The van der Waals surface area contributed by atoms with Gasteiger partial charge in [-0.15, -0.1) is 5.10 Å². The number of para-hydroxylation sites is 1. The van der Waals surface area contributed by atoms with Crippen molar-refractivity contribution in [1.29, 1.82) is 0 Å². The molecule has 0 radical (unpaired) electrons. The van der Waals surface area contributed by atoms with E-state index in [1.165, 1.54) is 16.8 Å². The molecule has 1 N–H and O–H groups in total. The summed E-state index contributed by atoms with van der Waals surface area (Å²) < 4.78 is 1.49. The Labute approximate surface area is 142 Å². The topological polar surface area (TPSA) is 115 Å². The van der Waals surface area contributed by atoms with Crippen molar-refractivity contribution < 1.29 is 9.72 Å². The van der Waals surface area contributed by atoms with Crippen LogP contribution in [0.3, 0.4) is 0 Å². The summed E-state index contributed by atoms with van der Waals surface area (Å²) in [5.41, 5.74) is 5.13. The standard InChI is InChI=1S/C16H14N6O3/c1-11(12-6-8-13(9-7-12)22(24)25)17-19-16(23)10-21-15-5-3-2-4-14(15)18-20-21/h2-9H,10H2,1H3,(H,19,23)/b17-11-. The second kappa shape index (κ2) is 6.87. The first-order chi connectivity index (χ1) is 12.0. The maximum absolute atomic E-state index is 12.0. The number of hydrogen-bond acceptors (Lipinski definition) is 6. The fourth-order valence-corrected chi connectivity index (χ4v) is 2.24. The van der Waals surface area contributed by atoms with Crippen molar-refractivity contribution in [3.63, 3.8) is 0 Å². The second-order valence-electron chi connectivity index (χ2n) is 5.27. The van der Waals surface area contributed by atoms with Crippen molar-refractivity contribution in [3.8, 4) is 0 Å². The van der Waals surface area contributed by atoms with Crippen molar-refractivity contribution in [3.05, 3.63) is 64.2 Å². The highest BCUT2D eigenvalue weighted by molar-refractivity contribution is 5.99. The molecule has 9 nitrogen and oxygen atoms in total. The average molecular weight is 338 g/mol. The number of hydrogen-bond donors (Lipinski definition) is 1. The summed E-state index contributed by atoms with van der Waals surface area (Å²) in [6, 6.07) is 13.3. The van der Waals surface area contributed by atoms with Crippen LogP contribution in [0, 0.1) is 10.1 Å². The Morgan fingerprint density at radius 2 is 1.96 bits per heavy atom. The zero-order chi connectivity index (χ0) is 17.8. The number of rotatable bonds is 5. The molecule has 9 heteroatoms. The molecule has 25 heavy (non-hydrogen) atoms. The van der Waals surface area contributed by atoms with E-state index in [4.69, 9.17) is 0 Å². The van der Waals surface area contributed by atoms with Gasteiger partial charge >= 0.3 is 0 Å². The number of benzene rings is 2. The number of nitrogens with one attached hydrogen (secondary N) is 1. The summed E-state index contributed by atoms with van der Waals surface area (Å²) in [5.74, 6) is -0.350. The second-order valence-corrected chi connectivity index (χ2v) is 5.27. The molecule has 0 aliphatic heterocycles. The van der Waals surface area contributed by atoms with Crippen molar-refractivity contribution in [2.45, 2.75) is 13.5 Å². The number of fused-ring (bicyclic) bond motifs is 1. The van der Waals surface area contributed by atoms with Crippen LogP contribution >= 0.6 is 0 Å². The lowest BCUT2D eigenvalue weighted by molar-refractivity contribution is -0.384. The van der Waals surface area contributed by atoms with Crippen LogP contribution in [0.1, 0.15) is 12.5 Å². The molecule has 0 unspecified atom stereocenters. The lowest BCUT2D eigenvalue weighted by atomic mass is 10.1. The Bertz CT molecular complexity index is 961. The van der Waals surface area contributed by atoms with Gasteiger partial charge < -0.3 is 0 Å². The molecular formula is C16H14N6O3. The first-order valence-electron chi connectivity index (χ1n) is 7.41. The summed E-state index contributed by atoms with van der Waals surface area (Å²) in [7, 11) is 0. The van der Waals surface area contributed by atoms with Crippen LogP contribution in [0.5, 0.6) is 0 Å². The number of amides is 1. The molecule has 0 aliphatic rings. The van der Waals surface area contributed by atoms with E-state index in [9.17, 15) is 14.9 Å². The third kappa shape index (κ3) is 3.66. The number of carbonyl (C=O) groups is 1. The van der Waals surface area contributed by atoms with Gasteiger partial charge in [0.05, 0.1) is 16.2 Å². The van der Waals surface area contributed by atoms with E-state index in [1.54, 1.807) is 19.1 Å². The SMILES string of the molecule is C/C(=N/NC(=O)Cn1nnc2ccccc21)c1ccc([N+](=O)[O-])cc1. The van der Waals surface area contributed by atoms with Gasteiger partial charge in [-0.1, -0.05) is 17.3 Å². The molecule has 1 heterocycles. The molecule has 0 spiro atoms. The Balaban J connectivity index is 1.66. The lowest BCUT2D eigenvalue weighted by Crippen LogP contribution is -2.24. The Morgan fingerprint density at radius 3 is 2.68 bits per heavy atom. The summed E-state index contributed by atoms with van der Waals surface area (Å²) in [6.07, 6.45) is 0. The van der Waals surface area contributed by atoms with E-state index < -0.39 is 4.92 Å². The number of hydrazone groups is 1. The lowest BCUT2D eigenvalue weighted by Gasteiger charge is -2.04. The van der Waals surface area contributed by atoms with Gasteiger partial charge in [-0.2, -0.15) is 5.10 Å². The minimum Gasteiger partial charge on any atom is -0.271 e. The van der Waals surface area contributed by atoms with Crippen molar-refractivity contribution in [2.24, 2.45) is 5.10 Å².